The minimum absolute atomic E-state index is 0.307. The number of aliphatic carboxylic acids is 2. The summed E-state index contributed by atoms with van der Waals surface area (Å²) in [6.45, 7) is 2.84. The normalized spacial score (nSPS) is 13.9. The maximum atomic E-state index is 9.10. The molecular weight excluding hydrogens is 366 g/mol. The minimum atomic E-state index is -1.82. The summed E-state index contributed by atoms with van der Waals surface area (Å²) in [7, 11) is 0. The third kappa shape index (κ3) is 4.95. The summed E-state index contributed by atoms with van der Waals surface area (Å²) in [4.78, 5) is 33.2. The molecule has 0 spiro atoms. The molecule has 3 heterocycles. The van der Waals surface area contributed by atoms with Crippen molar-refractivity contribution in [1.82, 2.24) is 25.0 Å². The van der Waals surface area contributed by atoms with Gasteiger partial charge >= 0.3 is 11.9 Å². The largest absolute Gasteiger partial charge is 0.473 e. The number of benzene rings is 1. The van der Waals surface area contributed by atoms with Crippen LogP contribution in [0.3, 0.4) is 0 Å². The van der Waals surface area contributed by atoms with E-state index in [1.54, 1.807) is 18.6 Å². The Hall–Kier alpha value is -3.66. The maximum Gasteiger partial charge on any atom is 0.414 e. The summed E-state index contributed by atoms with van der Waals surface area (Å²) in [5, 5.41) is 18.8. The first-order valence-electron chi connectivity index (χ1n) is 8.35. The predicted molar refractivity (Wildman–Crippen MR) is 95.1 cm³/mol. The van der Waals surface area contributed by atoms with Crippen LogP contribution < -0.4 is 0 Å². The van der Waals surface area contributed by atoms with Crippen LogP contribution in [0.1, 0.15) is 17.4 Å². The zero-order valence-corrected chi connectivity index (χ0v) is 14.7. The number of hydrogen-bond donors (Lipinski definition) is 2. The monoisotopic (exact) mass is 383 g/mol. The number of aromatic nitrogens is 4. The van der Waals surface area contributed by atoms with Gasteiger partial charge in [0.25, 0.3) is 0 Å². The van der Waals surface area contributed by atoms with Crippen molar-refractivity contribution in [3.63, 3.8) is 0 Å². The molecule has 1 aliphatic rings. The molecule has 4 rings (SSSR count). The summed E-state index contributed by atoms with van der Waals surface area (Å²) < 4.78 is 5.37. The van der Waals surface area contributed by atoms with E-state index in [4.69, 9.17) is 24.3 Å². The molecule has 0 bridgehead atoms. The van der Waals surface area contributed by atoms with Crippen molar-refractivity contribution < 1.29 is 24.3 Å². The fourth-order valence-electron chi connectivity index (χ4n) is 2.62. The highest BCUT2D eigenvalue weighted by molar-refractivity contribution is 6.27. The molecule has 10 nitrogen and oxygen atoms in total. The van der Waals surface area contributed by atoms with Gasteiger partial charge in [0, 0.05) is 32.0 Å². The first-order valence-corrected chi connectivity index (χ1v) is 8.35. The summed E-state index contributed by atoms with van der Waals surface area (Å²) in [6, 6.07) is 10.5. The van der Waals surface area contributed by atoms with Crippen LogP contribution in [0.5, 0.6) is 0 Å². The van der Waals surface area contributed by atoms with Gasteiger partial charge in [0.1, 0.15) is 5.69 Å². The molecule has 1 aromatic carbocycles. The zero-order chi connectivity index (χ0) is 19.9. The second-order valence-electron chi connectivity index (χ2n) is 6.03. The standard InChI is InChI=1S/C16H15N5O.C2H2O4/c1-2-4-12(5-3-1)9-21-10-13(11-21)16-19-15(20-22-16)14-8-17-6-7-18-14;3-1(4)2(5)6/h1-8,13H,9-11H2;(H,3,4)(H,5,6). The molecule has 2 N–H and O–H groups in total. The lowest BCUT2D eigenvalue weighted by Gasteiger charge is -2.37. The Balaban J connectivity index is 0.000000330. The Bertz CT molecular complexity index is 914. The van der Waals surface area contributed by atoms with E-state index >= 15 is 0 Å². The Morgan fingerprint density at radius 2 is 1.82 bits per heavy atom. The van der Waals surface area contributed by atoms with Gasteiger partial charge in [-0.2, -0.15) is 4.98 Å². The van der Waals surface area contributed by atoms with Gasteiger partial charge in [-0.05, 0) is 5.56 Å². The summed E-state index contributed by atoms with van der Waals surface area (Å²) in [5.74, 6) is -2.15. The Kier molecular flexibility index (Phi) is 6.02. The first kappa shape index (κ1) is 19.1. The number of rotatable bonds is 4. The predicted octanol–water partition coefficient (Wildman–Crippen LogP) is 1.28. The van der Waals surface area contributed by atoms with Crippen molar-refractivity contribution in [1.29, 1.82) is 0 Å². The lowest BCUT2D eigenvalue weighted by atomic mass is 9.99. The van der Waals surface area contributed by atoms with Crippen molar-refractivity contribution in [2.24, 2.45) is 0 Å². The SMILES string of the molecule is O=C(O)C(=O)O.c1ccc(CN2CC(c3nc(-c4cnccn4)no3)C2)cc1. The minimum Gasteiger partial charge on any atom is -0.473 e. The van der Waals surface area contributed by atoms with E-state index in [1.807, 2.05) is 6.07 Å². The van der Waals surface area contributed by atoms with Crippen molar-refractivity contribution >= 4 is 11.9 Å². The molecule has 144 valence electrons. The van der Waals surface area contributed by atoms with E-state index < -0.39 is 11.9 Å². The number of nitrogens with zero attached hydrogens (tertiary/aromatic N) is 5. The molecule has 1 aliphatic heterocycles. The van der Waals surface area contributed by atoms with E-state index in [-0.39, 0.29) is 0 Å². The average molecular weight is 383 g/mol. The van der Waals surface area contributed by atoms with Gasteiger partial charge in [-0.3, -0.25) is 9.88 Å². The highest BCUT2D eigenvalue weighted by Gasteiger charge is 2.32. The highest BCUT2D eigenvalue weighted by Crippen LogP contribution is 2.28. The Morgan fingerprint density at radius 1 is 1.11 bits per heavy atom. The Labute approximate surface area is 159 Å². The topological polar surface area (TPSA) is 143 Å². The quantitative estimate of drug-likeness (QED) is 0.632. The van der Waals surface area contributed by atoms with Crippen LogP contribution >= 0.6 is 0 Å². The molecular formula is C18H17N5O5. The van der Waals surface area contributed by atoms with E-state index in [0.717, 1.165) is 19.6 Å². The lowest BCUT2D eigenvalue weighted by molar-refractivity contribution is -0.159. The number of carbonyl (C=O) groups is 2. The molecule has 10 heteroatoms. The molecule has 3 aromatic rings. The molecule has 1 fully saturated rings. The number of hydrogen-bond acceptors (Lipinski definition) is 8. The van der Waals surface area contributed by atoms with Crippen molar-refractivity contribution in [3.05, 3.63) is 60.4 Å². The molecule has 1 saturated heterocycles. The summed E-state index contributed by atoms with van der Waals surface area (Å²) in [6.07, 6.45) is 4.88. The van der Waals surface area contributed by atoms with Crippen LogP contribution in [0, 0.1) is 0 Å². The first-order chi connectivity index (χ1) is 13.5. The van der Waals surface area contributed by atoms with E-state index in [2.05, 4.69) is 49.3 Å². The Morgan fingerprint density at radius 3 is 2.43 bits per heavy atom. The molecule has 2 aromatic heterocycles. The molecule has 0 unspecified atom stereocenters. The average Bonchev–Trinajstić information content (AvgIpc) is 3.16. The lowest BCUT2D eigenvalue weighted by Crippen LogP contribution is -2.44. The highest BCUT2D eigenvalue weighted by atomic mass is 16.5. The second kappa shape index (κ2) is 8.82. The van der Waals surface area contributed by atoms with E-state index in [1.165, 1.54) is 5.56 Å². The van der Waals surface area contributed by atoms with Gasteiger partial charge in [-0.25, -0.2) is 14.6 Å². The molecule has 0 saturated carbocycles. The van der Waals surface area contributed by atoms with Gasteiger partial charge in [0.2, 0.25) is 11.7 Å². The van der Waals surface area contributed by atoms with Crippen LogP contribution in [-0.4, -0.2) is 60.2 Å². The summed E-state index contributed by atoms with van der Waals surface area (Å²) >= 11 is 0. The second-order valence-corrected chi connectivity index (χ2v) is 6.03. The van der Waals surface area contributed by atoms with Crippen molar-refractivity contribution in [2.75, 3.05) is 13.1 Å². The van der Waals surface area contributed by atoms with Gasteiger partial charge in [0.05, 0.1) is 12.1 Å². The molecule has 28 heavy (non-hydrogen) atoms. The fourth-order valence-corrected chi connectivity index (χ4v) is 2.62. The van der Waals surface area contributed by atoms with Crippen LogP contribution in [0.4, 0.5) is 0 Å². The third-order valence-corrected chi connectivity index (χ3v) is 3.97. The smallest absolute Gasteiger partial charge is 0.414 e. The molecule has 0 amide bonds. The van der Waals surface area contributed by atoms with Gasteiger partial charge in [-0.1, -0.05) is 35.5 Å². The number of carboxylic acids is 2. The summed E-state index contributed by atoms with van der Waals surface area (Å²) in [5.41, 5.74) is 1.96. The van der Waals surface area contributed by atoms with Crippen molar-refractivity contribution in [3.8, 4) is 11.5 Å². The number of carboxylic acid groups (broad SMARTS) is 2. The van der Waals surface area contributed by atoms with Gasteiger partial charge < -0.3 is 14.7 Å². The van der Waals surface area contributed by atoms with Crippen LogP contribution in [-0.2, 0) is 16.1 Å². The molecule has 0 radical (unpaired) electrons. The van der Waals surface area contributed by atoms with Crippen molar-refractivity contribution in [2.45, 2.75) is 12.5 Å². The fraction of sp³-hybridized carbons (Fsp3) is 0.222. The molecule has 0 atom stereocenters. The van der Waals surface area contributed by atoms with Crippen LogP contribution in [0.2, 0.25) is 0 Å². The molecule has 0 aliphatic carbocycles. The van der Waals surface area contributed by atoms with E-state index in [0.29, 0.717) is 23.3 Å². The van der Waals surface area contributed by atoms with Crippen LogP contribution in [0.25, 0.3) is 11.5 Å². The zero-order valence-electron chi connectivity index (χ0n) is 14.7. The number of likely N-dealkylation sites (tertiary alicyclic amines) is 1. The maximum absolute atomic E-state index is 9.10. The third-order valence-electron chi connectivity index (χ3n) is 3.97. The van der Waals surface area contributed by atoms with Gasteiger partial charge in [0.15, 0.2) is 0 Å². The van der Waals surface area contributed by atoms with Crippen LogP contribution in [0.15, 0.2) is 53.4 Å². The van der Waals surface area contributed by atoms with Gasteiger partial charge in [-0.15, -0.1) is 0 Å². The van der Waals surface area contributed by atoms with E-state index in [9.17, 15) is 0 Å².